The summed E-state index contributed by atoms with van der Waals surface area (Å²) in [4.78, 5) is 19.6. The number of hydrogen-bond acceptors (Lipinski definition) is 3. The van der Waals surface area contributed by atoms with E-state index >= 15 is 0 Å². The van der Waals surface area contributed by atoms with Crippen LogP contribution in [0.25, 0.3) is 0 Å². The van der Waals surface area contributed by atoms with Crippen molar-refractivity contribution in [1.82, 2.24) is 0 Å². The second-order valence-electron chi connectivity index (χ2n) is 4.06. The third-order valence-corrected chi connectivity index (χ3v) is 2.37. The molecule has 0 aliphatic rings. The maximum atomic E-state index is 10.9. The molecule has 0 aromatic heterocycles. The van der Waals surface area contributed by atoms with Gasteiger partial charge in [0, 0.05) is 6.42 Å². The first-order valence-corrected chi connectivity index (χ1v) is 6.06. The van der Waals surface area contributed by atoms with Crippen LogP contribution in [0.3, 0.4) is 0 Å². The molecule has 0 aliphatic heterocycles. The molecule has 1 aromatic carbocycles. The van der Waals surface area contributed by atoms with E-state index in [0.717, 1.165) is 12.1 Å². The molecule has 0 bridgehead atoms. The number of alkyl halides is 3. The highest BCUT2D eigenvalue weighted by molar-refractivity contribution is 5.72. The van der Waals surface area contributed by atoms with Gasteiger partial charge in [-0.2, -0.15) is 13.2 Å². The molecule has 8 heteroatoms. The number of rotatable bonds is 5. The topological polar surface area (TPSA) is 94.0 Å². The predicted molar refractivity (Wildman–Crippen MR) is 65.1 cm³/mol. The van der Waals surface area contributed by atoms with Crippen molar-refractivity contribution in [3.63, 3.8) is 0 Å². The Balaban J connectivity index is 0.000000486. The fraction of sp³-hybridized carbons (Fsp3) is 0.385. The third-order valence-electron chi connectivity index (χ3n) is 2.37. The standard InChI is InChI=1S/C11H15NO2.C2HF3O2/c1-2-12-10(11(13)14)8-9-6-4-3-5-7-9;3-2(4,5)1(6)7/h3-7,10,12H,2,8H2,1H3,(H,13,14);(H,6,7)/t10-;/m0./s1. The van der Waals surface area contributed by atoms with Crippen LogP contribution >= 0.6 is 0 Å². The van der Waals surface area contributed by atoms with Gasteiger partial charge in [0.2, 0.25) is 0 Å². The Morgan fingerprint density at radius 3 is 2.10 bits per heavy atom. The van der Waals surface area contributed by atoms with Crippen molar-refractivity contribution in [2.75, 3.05) is 6.54 Å². The summed E-state index contributed by atoms with van der Waals surface area (Å²) in [5.74, 6) is -3.75. The van der Waals surface area contributed by atoms with E-state index < -0.39 is 18.1 Å². The highest BCUT2D eigenvalue weighted by Gasteiger charge is 2.28. The van der Waals surface area contributed by atoms with Crippen molar-refractivity contribution in [1.29, 1.82) is 0 Å². The van der Waals surface area contributed by atoms with E-state index in [-0.39, 0.29) is 6.04 Å². The lowest BCUT2D eigenvalue weighted by molar-refractivity contribution is -0.674. The molecule has 1 rings (SSSR count). The Morgan fingerprint density at radius 1 is 1.29 bits per heavy atom. The van der Waals surface area contributed by atoms with Crippen molar-refractivity contribution >= 4 is 11.9 Å². The molecule has 0 spiro atoms. The Hall–Kier alpha value is -2.09. The van der Waals surface area contributed by atoms with Crippen LogP contribution in [0.1, 0.15) is 12.5 Å². The fourth-order valence-electron chi connectivity index (χ4n) is 1.42. The number of quaternary nitrogens is 1. The lowest BCUT2D eigenvalue weighted by atomic mass is 10.1. The largest absolute Gasteiger partial charge is 0.542 e. The molecule has 0 heterocycles. The van der Waals surface area contributed by atoms with E-state index in [9.17, 15) is 18.0 Å². The van der Waals surface area contributed by atoms with Crippen LogP contribution in [0.5, 0.6) is 0 Å². The highest BCUT2D eigenvalue weighted by Crippen LogP contribution is 2.11. The zero-order valence-corrected chi connectivity index (χ0v) is 11.3. The molecular weight excluding hydrogens is 291 g/mol. The summed E-state index contributed by atoms with van der Waals surface area (Å²) in [5.41, 5.74) is 1.07. The van der Waals surface area contributed by atoms with Gasteiger partial charge >= 0.3 is 12.1 Å². The summed E-state index contributed by atoms with van der Waals surface area (Å²) in [7, 11) is 0. The van der Waals surface area contributed by atoms with Crippen molar-refractivity contribution in [3.8, 4) is 0 Å². The number of carbonyl (C=O) groups excluding carboxylic acids is 1. The van der Waals surface area contributed by atoms with Gasteiger partial charge in [-0.15, -0.1) is 0 Å². The van der Waals surface area contributed by atoms with Crippen LogP contribution in [0, 0.1) is 0 Å². The first-order valence-electron chi connectivity index (χ1n) is 6.06. The summed E-state index contributed by atoms with van der Waals surface area (Å²) >= 11 is 0. The fourth-order valence-corrected chi connectivity index (χ4v) is 1.42. The lowest BCUT2D eigenvalue weighted by Crippen LogP contribution is -2.92. The number of nitrogens with two attached hydrogens (primary N) is 1. The van der Waals surface area contributed by atoms with Crippen LogP contribution < -0.4 is 10.4 Å². The van der Waals surface area contributed by atoms with E-state index in [2.05, 4.69) is 0 Å². The molecular formula is C13H16F3NO4. The van der Waals surface area contributed by atoms with E-state index in [4.69, 9.17) is 15.0 Å². The van der Waals surface area contributed by atoms with Gasteiger partial charge < -0.3 is 20.3 Å². The number of likely N-dealkylation sites (N-methyl/N-ethyl adjacent to an activating group) is 1. The Bertz CT molecular complexity index is 448. The predicted octanol–water partition coefficient (Wildman–Crippen LogP) is -0.436. The monoisotopic (exact) mass is 307 g/mol. The maximum absolute atomic E-state index is 10.9. The first-order chi connectivity index (χ1) is 9.68. The zero-order chi connectivity index (χ0) is 16.5. The number of carbonyl (C=O) groups is 2. The summed E-state index contributed by atoms with van der Waals surface area (Å²) < 4.78 is 31.5. The van der Waals surface area contributed by atoms with Crippen LogP contribution in [0.15, 0.2) is 30.3 Å². The maximum Gasteiger partial charge on any atom is 0.430 e. The van der Waals surface area contributed by atoms with Gasteiger partial charge in [-0.3, -0.25) is 0 Å². The second kappa shape index (κ2) is 8.96. The summed E-state index contributed by atoms with van der Waals surface area (Å²) in [6.45, 7) is 2.75. The zero-order valence-electron chi connectivity index (χ0n) is 11.3. The molecule has 0 unspecified atom stereocenters. The SMILES string of the molecule is CC[NH2+][C@@H](Cc1ccccc1)C(=O)O.O=C([O-])C(F)(F)F. The minimum absolute atomic E-state index is 0.359. The van der Waals surface area contributed by atoms with E-state index in [1.165, 1.54) is 0 Å². The Kier molecular flexibility index (Phi) is 8.07. The molecule has 21 heavy (non-hydrogen) atoms. The molecule has 5 nitrogen and oxygen atoms in total. The van der Waals surface area contributed by atoms with E-state index in [1.54, 1.807) is 0 Å². The number of aliphatic carboxylic acids is 2. The summed E-state index contributed by atoms with van der Waals surface area (Å²) in [5, 5.41) is 19.6. The molecule has 118 valence electrons. The molecule has 3 N–H and O–H groups in total. The average Bonchev–Trinajstić information content (AvgIpc) is 2.39. The molecule has 0 radical (unpaired) electrons. The molecule has 0 fully saturated rings. The van der Waals surface area contributed by atoms with Gasteiger partial charge in [-0.05, 0) is 12.5 Å². The first kappa shape index (κ1) is 18.9. The minimum atomic E-state index is -5.19. The van der Waals surface area contributed by atoms with Gasteiger partial charge in [0.25, 0.3) is 0 Å². The van der Waals surface area contributed by atoms with Crippen LogP contribution in [-0.4, -0.2) is 35.8 Å². The molecule has 0 aliphatic carbocycles. The molecule has 0 saturated carbocycles. The number of benzene rings is 1. The van der Waals surface area contributed by atoms with Crippen molar-refractivity contribution in [2.45, 2.75) is 25.6 Å². The van der Waals surface area contributed by atoms with E-state index in [0.29, 0.717) is 6.42 Å². The van der Waals surface area contributed by atoms with Crippen molar-refractivity contribution < 1.29 is 38.3 Å². The second-order valence-corrected chi connectivity index (χ2v) is 4.06. The third kappa shape index (κ3) is 8.64. The van der Waals surface area contributed by atoms with Crippen molar-refractivity contribution in [3.05, 3.63) is 35.9 Å². The summed E-state index contributed by atoms with van der Waals surface area (Å²) in [6.07, 6.45) is -4.61. The highest BCUT2D eigenvalue weighted by atomic mass is 19.4. The summed E-state index contributed by atoms with van der Waals surface area (Å²) in [6, 6.07) is 9.35. The van der Waals surface area contributed by atoms with Gasteiger partial charge in [0.05, 0.1) is 6.54 Å². The number of carboxylic acids is 2. The quantitative estimate of drug-likeness (QED) is 0.771. The molecule has 1 atom stereocenters. The number of carboxylic acid groups (broad SMARTS) is 2. The van der Waals surface area contributed by atoms with Gasteiger partial charge in [0.1, 0.15) is 5.97 Å². The van der Waals surface area contributed by atoms with Gasteiger partial charge in [0.15, 0.2) is 6.04 Å². The lowest BCUT2D eigenvalue weighted by Gasteiger charge is -2.09. The van der Waals surface area contributed by atoms with E-state index in [1.807, 2.05) is 42.6 Å². The normalized spacial score (nSPS) is 12.0. The van der Waals surface area contributed by atoms with Crippen LogP contribution in [0.4, 0.5) is 13.2 Å². The van der Waals surface area contributed by atoms with Crippen LogP contribution in [0.2, 0.25) is 0 Å². The van der Waals surface area contributed by atoms with Crippen molar-refractivity contribution in [2.24, 2.45) is 0 Å². The average molecular weight is 307 g/mol. The smallest absolute Gasteiger partial charge is 0.430 e. The number of halogens is 3. The van der Waals surface area contributed by atoms with Gasteiger partial charge in [-0.25, -0.2) is 4.79 Å². The molecule has 0 amide bonds. The van der Waals surface area contributed by atoms with Crippen LogP contribution in [-0.2, 0) is 16.0 Å². The Morgan fingerprint density at radius 2 is 1.76 bits per heavy atom. The minimum Gasteiger partial charge on any atom is -0.542 e. The van der Waals surface area contributed by atoms with Gasteiger partial charge in [-0.1, -0.05) is 30.3 Å². The number of hydrogen-bond donors (Lipinski definition) is 2. The molecule has 0 saturated heterocycles. The molecule has 1 aromatic rings. The Labute approximate surface area is 119 Å².